The van der Waals surface area contributed by atoms with Gasteiger partial charge in [0.05, 0.1) is 12.5 Å². The molecule has 0 saturated carbocycles. The molecule has 0 aromatic carbocycles. The zero-order chi connectivity index (χ0) is 14.5. The van der Waals surface area contributed by atoms with E-state index in [-0.39, 0.29) is 48.6 Å². The molecule has 1 atom stereocenters. The number of halogens is 2. The number of amides is 2. The van der Waals surface area contributed by atoms with Gasteiger partial charge in [0.25, 0.3) is 0 Å². The molecule has 0 aromatic rings. The van der Waals surface area contributed by atoms with Crippen LogP contribution < -0.4 is 10.6 Å². The Morgan fingerprint density at radius 1 is 1.18 bits per heavy atom. The van der Waals surface area contributed by atoms with E-state index >= 15 is 0 Å². The minimum atomic E-state index is 0. The third kappa shape index (κ3) is 6.28. The lowest BCUT2D eigenvalue weighted by Crippen LogP contribution is -2.52. The molecular formula is C14H28Cl2N4O2. The summed E-state index contributed by atoms with van der Waals surface area (Å²) >= 11 is 0. The molecule has 2 rings (SSSR count). The Kier molecular flexibility index (Phi) is 10.00. The standard InChI is InChI=1S/C14H26N4O2.2ClH/c1-11(2)16-13(19)10-17-5-7-18(8-6-17)14(20)12-3-4-15-9-12;;/h11-12,15H,3-10H2,1-2H3,(H,16,19);2*1H. The van der Waals surface area contributed by atoms with Gasteiger partial charge in [-0.05, 0) is 26.8 Å². The highest BCUT2D eigenvalue weighted by Crippen LogP contribution is 2.13. The minimum absolute atomic E-state index is 0. The molecular weight excluding hydrogens is 327 g/mol. The van der Waals surface area contributed by atoms with Gasteiger partial charge in [-0.3, -0.25) is 14.5 Å². The van der Waals surface area contributed by atoms with Crippen LogP contribution >= 0.6 is 24.8 Å². The van der Waals surface area contributed by atoms with Crippen molar-refractivity contribution in [1.29, 1.82) is 0 Å². The summed E-state index contributed by atoms with van der Waals surface area (Å²) in [5.74, 6) is 0.506. The highest BCUT2D eigenvalue weighted by atomic mass is 35.5. The van der Waals surface area contributed by atoms with Crippen LogP contribution in [-0.2, 0) is 9.59 Å². The first-order valence-electron chi connectivity index (χ1n) is 7.57. The minimum Gasteiger partial charge on any atom is -0.353 e. The predicted molar refractivity (Wildman–Crippen MR) is 91.8 cm³/mol. The summed E-state index contributed by atoms with van der Waals surface area (Å²) < 4.78 is 0. The average molecular weight is 355 g/mol. The molecule has 0 bridgehead atoms. The van der Waals surface area contributed by atoms with Crippen molar-refractivity contribution >= 4 is 36.6 Å². The second kappa shape index (κ2) is 10.3. The van der Waals surface area contributed by atoms with Crippen LogP contribution in [0.1, 0.15) is 20.3 Å². The molecule has 2 aliphatic heterocycles. The number of piperazine rings is 1. The summed E-state index contributed by atoms with van der Waals surface area (Å²) in [6.07, 6.45) is 0.954. The lowest BCUT2D eigenvalue weighted by atomic mass is 10.1. The first-order valence-corrected chi connectivity index (χ1v) is 7.57. The molecule has 6 nitrogen and oxygen atoms in total. The molecule has 2 N–H and O–H groups in total. The SMILES string of the molecule is CC(C)NC(=O)CN1CCN(C(=O)C2CCNC2)CC1.Cl.Cl. The predicted octanol–water partition coefficient (Wildman–Crippen LogP) is 0.108. The van der Waals surface area contributed by atoms with E-state index in [1.807, 2.05) is 18.7 Å². The Balaban J connectivity index is 0.00000220. The van der Waals surface area contributed by atoms with Gasteiger partial charge in [-0.25, -0.2) is 0 Å². The van der Waals surface area contributed by atoms with Gasteiger partial charge in [-0.15, -0.1) is 24.8 Å². The maximum absolute atomic E-state index is 12.3. The lowest BCUT2D eigenvalue weighted by Gasteiger charge is -2.35. The molecule has 2 fully saturated rings. The summed E-state index contributed by atoms with van der Waals surface area (Å²) in [6.45, 7) is 9.18. The van der Waals surface area contributed by atoms with Gasteiger partial charge in [0.1, 0.15) is 0 Å². The number of carbonyl (C=O) groups is 2. The van der Waals surface area contributed by atoms with E-state index in [0.29, 0.717) is 6.54 Å². The molecule has 0 radical (unpaired) electrons. The highest BCUT2D eigenvalue weighted by molar-refractivity contribution is 5.85. The Hall–Kier alpha value is -0.560. The van der Waals surface area contributed by atoms with Gasteiger partial charge >= 0.3 is 0 Å². The van der Waals surface area contributed by atoms with Crippen molar-refractivity contribution in [3.05, 3.63) is 0 Å². The molecule has 0 spiro atoms. The molecule has 2 aliphatic rings. The first-order chi connectivity index (χ1) is 9.56. The van der Waals surface area contributed by atoms with Crippen molar-refractivity contribution in [2.24, 2.45) is 5.92 Å². The van der Waals surface area contributed by atoms with Gasteiger partial charge in [0.2, 0.25) is 11.8 Å². The van der Waals surface area contributed by atoms with Crippen molar-refractivity contribution < 1.29 is 9.59 Å². The van der Waals surface area contributed by atoms with Gasteiger partial charge in [0.15, 0.2) is 0 Å². The second-order valence-corrected chi connectivity index (χ2v) is 6.01. The fraction of sp³-hybridized carbons (Fsp3) is 0.857. The molecule has 2 saturated heterocycles. The quantitative estimate of drug-likeness (QED) is 0.751. The molecule has 130 valence electrons. The zero-order valence-electron chi connectivity index (χ0n) is 13.3. The van der Waals surface area contributed by atoms with Crippen LogP contribution in [0.4, 0.5) is 0 Å². The van der Waals surface area contributed by atoms with E-state index in [0.717, 1.165) is 45.7 Å². The summed E-state index contributed by atoms with van der Waals surface area (Å²) in [5.41, 5.74) is 0. The van der Waals surface area contributed by atoms with Crippen LogP contribution in [0, 0.1) is 5.92 Å². The maximum Gasteiger partial charge on any atom is 0.234 e. The van der Waals surface area contributed by atoms with Crippen LogP contribution in [0.2, 0.25) is 0 Å². The summed E-state index contributed by atoms with van der Waals surface area (Å²) in [4.78, 5) is 28.0. The smallest absolute Gasteiger partial charge is 0.234 e. The first kappa shape index (κ1) is 21.4. The maximum atomic E-state index is 12.3. The van der Waals surface area contributed by atoms with E-state index < -0.39 is 0 Å². The van der Waals surface area contributed by atoms with Crippen molar-refractivity contribution in [2.75, 3.05) is 45.8 Å². The Morgan fingerprint density at radius 3 is 2.32 bits per heavy atom. The van der Waals surface area contributed by atoms with Crippen molar-refractivity contribution in [1.82, 2.24) is 20.4 Å². The number of nitrogens with one attached hydrogen (secondary N) is 2. The van der Waals surface area contributed by atoms with Crippen molar-refractivity contribution in [3.63, 3.8) is 0 Å². The monoisotopic (exact) mass is 354 g/mol. The van der Waals surface area contributed by atoms with E-state index in [1.165, 1.54) is 0 Å². The summed E-state index contributed by atoms with van der Waals surface area (Å²) in [7, 11) is 0. The molecule has 2 heterocycles. The lowest BCUT2D eigenvalue weighted by molar-refractivity contribution is -0.136. The molecule has 8 heteroatoms. The fourth-order valence-electron chi connectivity index (χ4n) is 2.82. The topological polar surface area (TPSA) is 64.7 Å². The van der Waals surface area contributed by atoms with Crippen LogP contribution in [-0.4, -0.2) is 73.5 Å². The van der Waals surface area contributed by atoms with E-state index in [9.17, 15) is 9.59 Å². The van der Waals surface area contributed by atoms with Crippen LogP contribution in [0.15, 0.2) is 0 Å². The van der Waals surface area contributed by atoms with Gasteiger partial charge in [-0.1, -0.05) is 0 Å². The normalized spacial score (nSPS) is 22.0. The Bertz CT molecular complexity index is 355. The second-order valence-electron chi connectivity index (χ2n) is 6.01. The summed E-state index contributed by atoms with van der Waals surface area (Å²) in [5, 5.41) is 6.13. The van der Waals surface area contributed by atoms with E-state index in [1.54, 1.807) is 0 Å². The molecule has 0 aromatic heterocycles. The van der Waals surface area contributed by atoms with Crippen LogP contribution in [0.5, 0.6) is 0 Å². The molecule has 1 unspecified atom stereocenters. The third-order valence-electron chi connectivity index (χ3n) is 3.91. The molecule has 0 aliphatic carbocycles. The van der Waals surface area contributed by atoms with Crippen molar-refractivity contribution in [3.8, 4) is 0 Å². The Labute approximate surface area is 145 Å². The number of hydrogen-bond donors (Lipinski definition) is 2. The third-order valence-corrected chi connectivity index (χ3v) is 3.91. The van der Waals surface area contributed by atoms with E-state index in [4.69, 9.17) is 0 Å². The van der Waals surface area contributed by atoms with Gasteiger partial charge in [0, 0.05) is 38.8 Å². The largest absolute Gasteiger partial charge is 0.353 e. The van der Waals surface area contributed by atoms with Gasteiger partial charge in [-0.2, -0.15) is 0 Å². The number of carbonyl (C=O) groups excluding carboxylic acids is 2. The Morgan fingerprint density at radius 2 is 1.82 bits per heavy atom. The fourth-order valence-corrected chi connectivity index (χ4v) is 2.82. The van der Waals surface area contributed by atoms with Crippen LogP contribution in [0.3, 0.4) is 0 Å². The number of nitrogens with zero attached hydrogens (tertiary/aromatic N) is 2. The zero-order valence-corrected chi connectivity index (χ0v) is 15.0. The van der Waals surface area contributed by atoms with Crippen LogP contribution in [0.25, 0.3) is 0 Å². The highest BCUT2D eigenvalue weighted by Gasteiger charge is 2.29. The molecule has 2 amide bonds. The van der Waals surface area contributed by atoms with Gasteiger partial charge < -0.3 is 15.5 Å². The van der Waals surface area contributed by atoms with Crippen molar-refractivity contribution in [2.45, 2.75) is 26.3 Å². The number of rotatable bonds is 4. The van der Waals surface area contributed by atoms with E-state index in [2.05, 4.69) is 15.5 Å². The molecule has 22 heavy (non-hydrogen) atoms. The average Bonchev–Trinajstić information content (AvgIpc) is 2.91. The number of hydrogen-bond acceptors (Lipinski definition) is 4. The summed E-state index contributed by atoms with van der Waals surface area (Å²) in [6, 6.07) is 0.181.